The molecule has 0 atom stereocenters. The van der Waals surface area contributed by atoms with Crippen molar-refractivity contribution in [2.45, 2.75) is 18.3 Å². The van der Waals surface area contributed by atoms with Crippen molar-refractivity contribution in [2.75, 3.05) is 38.8 Å². The van der Waals surface area contributed by atoms with Crippen molar-refractivity contribution in [2.24, 2.45) is 0 Å². The zero-order valence-corrected chi connectivity index (χ0v) is 16.1. The second-order valence-electron chi connectivity index (χ2n) is 7.02. The van der Waals surface area contributed by atoms with E-state index in [-0.39, 0.29) is 11.3 Å². The van der Waals surface area contributed by atoms with Crippen LogP contribution in [-0.4, -0.2) is 39.8 Å². The Morgan fingerprint density at radius 3 is 2.27 bits per heavy atom. The van der Waals surface area contributed by atoms with Gasteiger partial charge in [-0.1, -0.05) is 23.7 Å². The van der Waals surface area contributed by atoms with Crippen LogP contribution in [0.15, 0.2) is 48.5 Å². The molecule has 1 aliphatic heterocycles. The highest BCUT2D eigenvalue weighted by molar-refractivity contribution is 6.30. The van der Waals surface area contributed by atoms with Crippen LogP contribution in [0.4, 0.5) is 5.69 Å². The molecule has 26 heavy (non-hydrogen) atoms. The molecule has 1 heterocycles. The van der Waals surface area contributed by atoms with Gasteiger partial charge in [0.1, 0.15) is 0 Å². The van der Waals surface area contributed by atoms with Crippen LogP contribution >= 0.6 is 11.6 Å². The molecule has 0 bridgehead atoms. The molecule has 1 N–H and O–H groups in total. The van der Waals surface area contributed by atoms with Crippen LogP contribution in [0, 0.1) is 0 Å². The Morgan fingerprint density at radius 1 is 1.08 bits per heavy atom. The summed E-state index contributed by atoms with van der Waals surface area (Å²) in [4.78, 5) is 14.6. The van der Waals surface area contributed by atoms with Gasteiger partial charge in [-0.2, -0.15) is 0 Å². The molecule has 0 radical (unpaired) electrons. The first-order valence-electron chi connectivity index (χ1n) is 8.90. The smallest absolute Gasteiger partial charge is 0.251 e. The number of benzene rings is 2. The molecule has 1 fully saturated rings. The van der Waals surface area contributed by atoms with Gasteiger partial charge in [0.05, 0.1) is 0 Å². The molecule has 2 aromatic carbocycles. The van der Waals surface area contributed by atoms with Gasteiger partial charge in [-0.3, -0.25) is 4.79 Å². The Labute approximate surface area is 160 Å². The lowest BCUT2D eigenvalue weighted by molar-refractivity contribution is 0.0487. The molecule has 0 aliphatic carbocycles. The highest BCUT2D eigenvalue weighted by atomic mass is 35.5. The third kappa shape index (κ3) is 4.19. The zero-order valence-electron chi connectivity index (χ0n) is 15.3. The van der Waals surface area contributed by atoms with Crippen molar-refractivity contribution in [1.29, 1.82) is 0 Å². The number of hydrogen-bond acceptors (Lipinski definition) is 3. The van der Waals surface area contributed by atoms with Crippen LogP contribution in [0.1, 0.15) is 28.8 Å². The molecule has 2 aromatic rings. The van der Waals surface area contributed by atoms with Gasteiger partial charge in [0, 0.05) is 55.5 Å². The van der Waals surface area contributed by atoms with E-state index in [1.165, 1.54) is 5.56 Å². The molecule has 0 spiro atoms. The molecular formula is C21H25ClN2O2. The predicted molar refractivity (Wildman–Crippen MR) is 106 cm³/mol. The highest BCUT2D eigenvalue weighted by Gasteiger charge is 2.34. The number of amides is 1. The molecule has 3 rings (SSSR count). The number of halogens is 1. The van der Waals surface area contributed by atoms with E-state index >= 15 is 0 Å². The summed E-state index contributed by atoms with van der Waals surface area (Å²) in [5.74, 6) is -0.0462. The molecule has 0 aromatic heterocycles. The maximum absolute atomic E-state index is 12.6. The first-order chi connectivity index (χ1) is 12.5. The van der Waals surface area contributed by atoms with Crippen molar-refractivity contribution in [3.63, 3.8) is 0 Å². The minimum absolute atomic E-state index is 0.0462. The van der Waals surface area contributed by atoms with Crippen LogP contribution in [0.5, 0.6) is 0 Å². The fourth-order valence-electron chi connectivity index (χ4n) is 3.40. The normalized spacial score (nSPS) is 16.1. The lowest BCUT2D eigenvalue weighted by Crippen LogP contribution is -2.44. The van der Waals surface area contributed by atoms with Crippen LogP contribution in [0.2, 0.25) is 5.02 Å². The second-order valence-corrected chi connectivity index (χ2v) is 7.46. The first-order valence-corrected chi connectivity index (χ1v) is 9.27. The van der Waals surface area contributed by atoms with E-state index in [0.717, 1.165) is 23.6 Å². The summed E-state index contributed by atoms with van der Waals surface area (Å²) in [7, 11) is 3.96. The summed E-state index contributed by atoms with van der Waals surface area (Å²) in [5.41, 5.74) is 2.84. The Bertz CT molecular complexity index is 736. The average Bonchev–Trinajstić information content (AvgIpc) is 2.67. The number of carbonyl (C=O) groups excluding carboxylic acids is 1. The van der Waals surface area contributed by atoms with Gasteiger partial charge < -0.3 is 15.0 Å². The number of nitrogens with one attached hydrogen (secondary N) is 1. The second kappa shape index (κ2) is 8.11. The van der Waals surface area contributed by atoms with Crippen LogP contribution in [0.25, 0.3) is 0 Å². The van der Waals surface area contributed by atoms with Gasteiger partial charge in [0.15, 0.2) is 0 Å². The third-order valence-electron chi connectivity index (χ3n) is 5.14. The third-order valence-corrected chi connectivity index (χ3v) is 5.39. The van der Waals surface area contributed by atoms with Gasteiger partial charge in [-0.15, -0.1) is 0 Å². The number of carbonyl (C=O) groups is 1. The molecule has 138 valence electrons. The molecule has 4 nitrogen and oxygen atoms in total. The van der Waals surface area contributed by atoms with Gasteiger partial charge in [-0.05, 0) is 54.8 Å². The molecule has 1 aliphatic rings. The fraction of sp³-hybridized carbons (Fsp3) is 0.381. The van der Waals surface area contributed by atoms with E-state index in [4.69, 9.17) is 16.3 Å². The van der Waals surface area contributed by atoms with Gasteiger partial charge >= 0.3 is 0 Å². The summed E-state index contributed by atoms with van der Waals surface area (Å²) in [5, 5.41) is 3.85. The maximum atomic E-state index is 12.6. The van der Waals surface area contributed by atoms with Crippen molar-refractivity contribution in [3.05, 3.63) is 64.7 Å². The van der Waals surface area contributed by atoms with Crippen LogP contribution in [0.3, 0.4) is 0 Å². The average molecular weight is 373 g/mol. The largest absolute Gasteiger partial charge is 0.381 e. The van der Waals surface area contributed by atoms with Gasteiger partial charge in [0.25, 0.3) is 5.91 Å². The quantitative estimate of drug-likeness (QED) is 0.865. The summed E-state index contributed by atoms with van der Waals surface area (Å²) in [6.07, 6.45) is 1.77. The fourth-order valence-corrected chi connectivity index (χ4v) is 3.52. The monoisotopic (exact) mass is 372 g/mol. The molecule has 1 saturated heterocycles. The lowest BCUT2D eigenvalue weighted by Gasteiger charge is -2.38. The van der Waals surface area contributed by atoms with Crippen molar-refractivity contribution in [1.82, 2.24) is 5.32 Å². The molecule has 0 unspecified atom stereocenters. The first kappa shape index (κ1) is 18.7. The standard InChI is InChI=1S/C21H25ClN2O2/c1-24(2)19-9-3-16(4-10-19)20(25)23-15-21(11-13-26-14-12-21)17-5-7-18(22)8-6-17/h3-10H,11-15H2,1-2H3,(H,23,25). The minimum Gasteiger partial charge on any atom is -0.381 e. The van der Waals surface area contributed by atoms with E-state index in [9.17, 15) is 4.79 Å². The Kier molecular flexibility index (Phi) is 5.84. The molecule has 1 amide bonds. The summed E-state index contributed by atoms with van der Waals surface area (Å²) in [6.45, 7) is 2.00. The molecular weight excluding hydrogens is 348 g/mol. The molecule has 0 saturated carbocycles. The Hall–Kier alpha value is -2.04. The zero-order chi connectivity index (χ0) is 18.6. The number of hydrogen-bond donors (Lipinski definition) is 1. The number of ether oxygens (including phenoxy) is 1. The van der Waals surface area contributed by atoms with E-state index in [2.05, 4.69) is 17.4 Å². The maximum Gasteiger partial charge on any atom is 0.251 e. The summed E-state index contributed by atoms with van der Waals surface area (Å²) >= 11 is 6.04. The number of nitrogens with zero attached hydrogens (tertiary/aromatic N) is 1. The SMILES string of the molecule is CN(C)c1ccc(C(=O)NCC2(c3ccc(Cl)cc3)CCOCC2)cc1. The highest BCUT2D eigenvalue weighted by Crippen LogP contribution is 2.35. The van der Waals surface area contributed by atoms with E-state index in [1.807, 2.05) is 55.4 Å². The minimum atomic E-state index is -0.109. The number of anilines is 1. The summed E-state index contributed by atoms with van der Waals surface area (Å²) in [6, 6.07) is 15.6. The van der Waals surface area contributed by atoms with E-state index in [1.54, 1.807) is 0 Å². The van der Waals surface area contributed by atoms with E-state index in [0.29, 0.717) is 25.3 Å². The lowest BCUT2D eigenvalue weighted by atomic mass is 9.74. The molecule has 5 heteroatoms. The van der Waals surface area contributed by atoms with Crippen molar-refractivity contribution in [3.8, 4) is 0 Å². The summed E-state index contributed by atoms with van der Waals surface area (Å²) < 4.78 is 5.55. The van der Waals surface area contributed by atoms with E-state index < -0.39 is 0 Å². The predicted octanol–water partition coefficient (Wildman–Crippen LogP) is 3.88. The van der Waals surface area contributed by atoms with Crippen molar-refractivity contribution >= 4 is 23.2 Å². The Balaban J connectivity index is 1.73. The van der Waals surface area contributed by atoms with Gasteiger partial charge in [0.2, 0.25) is 0 Å². The van der Waals surface area contributed by atoms with Crippen LogP contribution in [-0.2, 0) is 10.2 Å². The van der Waals surface area contributed by atoms with Crippen LogP contribution < -0.4 is 10.2 Å². The van der Waals surface area contributed by atoms with Crippen molar-refractivity contribution < 1.29 is 9.53 Å². The Morgan fingerprint density at radius 2 is 1.69 bits per heavy atom. The number of rotatable bonds is 5. The van der Waals surface area contributed by atoms with Gasteiger partial charge in [-0.25, -0.2) is 0 Å². The topological polar surface area (TPSA) is 41.6 Å².